The van der Waals surface area contributed by atoms with Gasteiger partial charge in [-0.25, -0.2) is 4.79 Å². The predicted molar refractivity (Wildman–Crippen MR) is 181 cm³/mol. The summed E-state index contributed by atoms with van der Waals surface area (Å²) in [7, 11) is 0. The van der Waals surface area contributed by atoms with Gasteiger partial charge in [0.05, 0.1) is 40.8 Å². The van der Waals surface area contributed by atoms with E-state index in [1.54, 1.807) is 0 Å². The van der Waals surface area contributed by atoms with Crippen molar-refractivity contribution in [2.45, 2.75) is 93.5 Å². The third-order valence-corrected chi connectivity index (χ3v) is 14.3. The molecule has 0 aromatic carbocycles. The van der Waals surface area contributed by atoms with E-state index in [0.717, 1.165) is 29.1 Å². The highest BCUT2D eigenvalue weighted by atomic mass is 32.2. The lowest BCUT2D eigenvalue weighted by Gasteiger charge is -2.68. The standard InChI is InChI=1S/C33H48N2O14S2/c1-30-9-22(49-26(40)14-51-12-21(35)29(43)44)27-19(33(30,46)5-3-18(30)16-6-24(38)47-10-16)2-4-31(45)8-17(7-23(37)32(27,31)15-36)48-25(39)13-50-11-20(34)28(41)42/h6,17-23,27,36-37,45-46H,2-5,7-15,34-35H2,1H3,(H,41,42)(H,43,44)/t17-,18+,19?,20?,21?,22+,23+,27?,30+,31-,32+,33-/m0/s1. The molecule has 5 rings (SSSR count). The number of carboxylic acids is 2. The van der Waals surface area contributed by atoms with Crippen molar-refractivity contribution in [2.24, 2.45) is 40.1 Å². The zero-order chi connectivity index (χ0) is 37.5. The SMILES string of the molecule is C[C@]12C[C@@H](OC(=O)CSCC(N)C(=O)O)C3C(CC[C@]4(O)C[C@@H](OC(=O)CSCC(N)C(=O)O)C[C@@H](O)[C@]34CO)[C@@]1(O)CC[C@@H]2C1=CC(=O)OC1. The molecule has 4 fully saturated rings. The highest BCUT2D eigenvalue weighted by molar-refractivity contribution is 8.00. The van der Waals surface area contributed by atoms with Crippen molar-refractivity contribution < 1.29 is 68.8 Å². The number of hydrogen-bond donors (Lipinski definition) is 8. The van der Waals surface area contributed by atoms with Crippen LogP contribution in [-0.2, 0) is 38.2 Å². The Labute approximate surface area is 303 Å². The van der Waals surface area contributed by atoms with Crippen LogP contribution >= 0.6 is 23.5 Å². The summed E-state index contributed by atoms with van der Waals surface area (Å²) < 4.78 is 17.0. The van der Waals surface area contributed by atoms with Gasteiger partial charge in [0.15, 0.2) is 0 Å². The molecular weight excluding hydrogens is 712 g/mol. The highest BCUT2D eigenvalue weighted by Crippen LogP contribution is 2.71. The molecule has 16 nitrogen and oxygen atoms in total. The molecule has 0 bridgehead atoms. The van der Waals surface area contributed by atoms with E-state index in [-0.39, 0.29) is 67.6 Å². The average molecular weight is 761 g/mol. The molecule has 0 aromatic rings. The largest absolute Gasteiger partial charge is 0.480 e. The maximum absolute atomic E-state index is 13.4. The Morgan fingerprint density at radius 2 is 1.59 bits per heavy atom. The third-order valence-electron chi connectivity index (χ3n) is 12.3. The summed E-state index contributed by atoms with van der Waals surface area (Å²) in [5.41, 5.74) is 5.91. The molecule has 1 aliphatic heterocycles. The molecule has 10 N–H and O–H groups in total. The first-order valence-corrected chi connectivity index (χ1v) is 19.4. The lowest BCUT2D eigenvalue weighted by molar-refractivity contribution is -0.318. The zero-order valence-corrected chi connectivity index (χ0v) is 29.9. The van der Waals surface area contributed by atoms with Crippen LogP contribution in [0.3, 0.4) is 0 Å². The van der Waals surface area contributed by atoms with Crippen LogP contribution in [0.1, 0.15) is 51.9 Å². The number of nitrogens with two attached hydrogens (primary N) is 2. The number of carboxylic acid groups (broad SMARTS) is 2. The molecule has 0 amide bonds. The number of fused-ring (bicyclic) bond motifs is 5. The van der Waals surface area contributed by atoms with Gasteiger partial charge >= 0.3 is 29.8 Å². The minimum Gasteiger partial charge on any atom is -0.480 e. The van der Waals surface area contributed by atoms with Crippen LogP contribution in [0.4, 0.5) is 0 Å². The molecule has 4 saturated carbocycles. The van der Waals surface area contributed by atoms with Gasteiger partial charge in [-0.1, -0.05) is 6.92 Å². The summed E-state index contributed by atoms with van der Waals surface area (Å²) >= 11 is 1.94. The van der Waals surface area contributed by atoms with Gasteiger partial charge in [0.1, 0.15) is 30.9 Å². The fourth-order valence-corrected chi connectivity index (χ4v) is 11.4. The Hall–Kier alpha value is -2.45. The van der Waals surface area contributed by atoms with E-state index in [9.17, 15) is 44.4 Å². The van der Waals surface area contributed by atoms with Crippen LogP contribution in [0.15, 0.2) is 11.6 Å². The van der Waals surface area contributed by atoms with Crippen LogP contribution in [0.25, 0.3) is 0 Å². The van der Waals surface area contributed by atoms with Gasteiger partial charge in [-0.3, -0.25) is 19.2 Å². The second kappa shape index (κ2) is 15.1. The van der Waals surface area contributed by atoms with E-state index >= 15 is 0 Å². The van der Waals surface area contributed by atoms with Gasteiger partial charge in [0.25, 0.3) is 0 Å². The Morgan fingerprint density at radius 3 is 2.14 bits per heavy atom. The maximum atomic E-state index is 13.4. The predicted octanol–water partition coefficient (Wildman–Crippen LogP) is -0.975. The van der Waals surface area contributed by atoms with E-state index in [4.69, 9.17) is 35.9 Å². The highest BCUT2D eigenvalue weighted by Gasteiger charge is 2.76. The molecule has 1 heterocycles. The number of aliphatic hydroxyl groups excluding tert-OH is 2. The third kappa shape index (κ3) is 7.14. The Bertz CT molecular complexity index is 1430. The summed E-state index contributed by atoms with van der Waals surface area (Å²) in [6.07, 6.45) is -1.29. The van der Waals surface area contributed by atoms with E-state index in [1.165, 1.54) is 6.08 Å². The minimum absolute atomic E-state index is 0.0129. The summed E-state index contributed by atoms with van der Waals surface area (Å²) in [5, 5.41) is 66.5. The molecular formula is C33H48N2O14S2. The average Bonchev–Trinajstić information content (AvgIpc) is 3.59. The normalized spacial score (nSPS) is 39.7. The molecule has 4 aliphatic carbocycles. The summed E-state index contributed by atoms with van der Waals surface area (Å²) in [6.45, 7) is 1.21. The number of carbonyl (C=O) groups is 5. The second-order valence-electron chi connectivity index (χ2n) is 14.9. The fraction of sp³-hybridized carbons (Fsp3) is 0.788. The Kier molecular flexibility index (Phi) is 11.8. The molecule has 0 spiro atoms. The van der Waals surface area contributed by atoms with E-state index in [2.05, 4.69) is 0 Å². The Balaban J connectivity index is 1.43. The van der Waals surface area contributed by atoms with Gasteiger partial charge in [0.2, 0.25) is 0 Å². The van der Waals surface area contributed by atoms with Gasteiger partial charge in [-0.2, -0.15) is 0 Å². The molecule has 4 unspecified atom stereocenters. The first kappa shape index (κ1) is 39.8. The molecule has 51 heavy (non-hydrogen) atoms. The minimum atomic E-state index is -1.83. The molecule has 0 saturated heterocycles. The number of cyclic esters (lactones) is 1. The number of aliphatic hydroxyl groups is 4. The van der Waals surface area contributed by atoms with Crippen LogP contribution < -0.4 is 11.5 Å². The summed E-state index contributed by atoms with van der Waals surface area (Å²) in [4.78, 5) is 60.3. The fourth-order valence-electron chi connectivity index (χ4n) is 9.94. The smallest absolute Gasteiger partial charge is 0.331 e. The van der Waals surface area contributed by atoms with Gasteiger partial charge in [-0.15, -0.1) is 23.5 Å². The van der Waals surface area contributed by atoms with Crippen LogP contribution in [0.5, 0.6) is 0 Å². The lowest BCUT2D eigenvalue weighted by Crippen LogP contribution is -2.76. The van der Waals surface area contributed by atoms with Crippen molar-refractivity contribution in [1.82, 2.24) is 0 Å². The molecule has 18 heteroatoms. The topological polar surface area (TPSA) is 286 Å². The number of rotatable bonds is 14. The zero-order valence-electron chi connectivity index (χ0n) is 28.3. The molecule has 5 aliphatic rings. The van der Waals surface area contributed by atoms with Crippen molar-refractivity contribution in [3.8, 4) is 0 Å². The quantitative estimate of drug-likeness (QED) is 0.0780. The molecule has 12 atom stereocenters. The lowest BCUT2D eigenvalue weighted by atomic mass is 9.40. The van der Waals surface area contributed by atoms with E-state index in [1.807, 2.05) is 6.92 Å². The van der Waals surface area contributed by atoms with Crippen LogP contribution in [0.2, 0.25) is 0 Å². The van der Waals surface area contributed by atoms with Crippen molar-refractivity contribution in [2.75, 3.05) is 36.2 Å². The molecule has 0 aromatic heterocycles. The Morgan fingerprint density at radius 1 is 0.980 bits per heavy atom. The number of esters is 3. The van der Waals surface area contributed by atoms with Crippen molar-refractivity contribution >= 4 is 53.4 Å². The first-order chi connectivity index (χ1) is 23.9. The number of carbonyl (C=O) groups excluding carboxylic acids is 3. The van der Waals surface area contributed by atoms with Gasteiger partial charge in [-0.05, 0) is 49.5 Å². The van der Waals surface area contributed by atoms with E-state index in [0.29, 0.717) is 12.8 Å². The van der Waals surface area contributed by atoms with Crippen LogP contribution in [0, 0.1) is 28.6 Å². The summed E-state index contributed by atoms with van der Waals surface area (Å²) in [5.74, 6) is -6.83. The molecule has 0 radical (unpaired) electrons. The summed E-state index contributed by atoms with van der Waals surface area (Å²) in [6, 6.07) is -2.37. The monoisotopic (exact) mass is 760 g/mol. The maximum Gasteiger partial charge on any atom is 0.331 e. The van der Waals surface area contributed by atoms with Crippen molar-refractivity contribution in [1.29, 1.82) is 0 Å². The number of ether oxygens (including phenoxy) is 3. The number of hydrogen-bond acceptors (Lipinski definition) is 16. The van der Waals surface area contributed by atoms with E-state index < -0.39 is 101 Å². The van der Waals surface area contributed by atoms with Crippen molar-refractivity contribution in [3.05, 3.63) is 11.6 Å². The number of thioether (sulfide) groups is 2. The second-order valence-corrected chi connectivity index (χ2v) is 16.9. The van der Waals surface area contributed by atoms with Gasteiger partial charge < -0.3 is 56.3 Å². The number of aliphatic carboxylic acids is 2. The van der Waals surface area contributed by atoms with Crippen LogP contribution in [-0.4, -0.2) is 138 Å². The van der Waals surface area contributed by atoms with Gasteiger partial charge in [0, 0.05) is 41.8 Å². The first-order valence-electron chi connectivity index (χ1n) is 17.0. The molecule has 286 valence electrons. The van der Waals surface area contributed by atoms with Crippen molar-refractivity contribution in [3.63, 3.8) is 0 Å².